The van der Waals surface area contributed by atoms with E-state index in [9.17, 15) is 52.7 Å². The number of rotatable bonds is 15. The average Bonchev–Trinajstić information content (AvgIpc) is 0.915. The topological polar surface area (TPSA) is 372 Å². The maximum absolute atomic E-state index is 12.7. The van der Waals surface area contributed by atoms with Crippen LogP contribution in [0.5, 0.6) is 52.1 Å². The molecule has 3 aliphatic heterocycles. The molecule has 0 spiro atoms. The Kier molecular flexibility index (Phi) is 24.3. The number of aromatic nitrogens is 9. The molecule has 0 aromatic carbocycles. The molecule has 6 aliphatic rings. The molecule has 0 bridgehead atoms. The van der Waals surface area contributed by atoms with E-state index in [4.69, 9.17) is 49.5 Å². The van der Waals surface area contributed by atoms with Crippen LogP contribution in [0.1, 0.15) is 137 Å². The Bertz CT molecular complexity index is 4170. The van der Waals surface area contributed by atoms with Gasteiger partial charge in [0.15, 0.2) is 39.6 Å². The van der Waals surface area contributed by atoms with Gasteiger partial charge >= 0.3 is 12.2 Å². The standard InChI is InChI=1S/C24H27ClN4O7.C24H28N4O7.C19H20N4O5.ClH/c1-24(2,3)36-23(33)28-9-8-16(13-28)35-20-7-5-15(11-26-20)34-19-12-27-29(22(32)21(19)25)17-6-4-14(30)10-18(17)31;1-24(2,3)35-23(32)27-9-8-17(14-27)34-21-7-5-16(12-25-21)33-18-11-22(31)28(26-13-18)19-6-4-15(29)10-20(19)30;24-12-1-3-16(17(25)7-12)23-19(26)8-15(11-22-23)27-13-2-4-18(21-10-13)28-14-5-6-20-9-14;/h5,7,11-12,16-17H,4,6,8-10,13H2,1-3H3;5,7,11-13,17,19H,4,6,8-10,14H2,1-3H3;2,4,8,10-11,14,16,20H,1,3,5-7,9H2;1H/t16-,17?;17-,19?;14-,16?;/m000./s1. The van der Waals surface area contributed by atoms with Crippen LogP contribution in [0, 0.1) is 0 Å². The molecule has 6 aromatic rings. The molecule has 9 heterocycles. The van der Waals surface area contributed by atoms with Crippen LogP contribution in [-0.4, -0.2) is 170 Å². The molecule has 3 saturated carbocycles. The minimum absolute atomic E-state index is 0. The van der Waals surface area contributed by atoms with Crippen molar-refractivity contribution in [1.29, 1.82) is 0 Å². The highest BCUT2D eigenvalue weighted by molar-refractivity contribution is 6.31. The van der Waals surface area contributed by atoms with Crippen molar-refractivity contribution in [2.75, 3.05) is 39.3 Å². The number of hydrogen-bond donors (Lipinski definition) is 1. The molecular formula is C67H76Cl2N12O19. The monoisotopic (exact) mass is 1420 g/mol. The van der Waals surface area contributed by atoms with Gasteiger partial charge in [0.05, 0.1) is 69.5 Å². The highest BCUT2D eigenvalue weighted by atomic mass is 35.5. The Morgan fingerprint density at radius 1 is 0.480 bits per heavy atom. The Hall–Kier alpha value is -10.0. The van der Waals surface area contributed by atoms with Crippen LogP contribution in [-0.2, 0) is 38.2 Å². The number of ether oxygens (including phenoxy) is 8. The van der Waals surface area contributed by atoms with Crippen LogP contribution in [0.25, 0.3) is 0 Å². The van der Waals surface area contributed by atoms with Gasteiger partial charge in [-0.3, -0.25) is 43.2 Å². The number of carbonyl (C=O) groups excluding carboxylic acids is 8. The Labute approximate surface area is 583 Å². The van der Waals surface area contributed by atoms with Gasteiger partial charge in [-0.15, -0.1) is 12.4 Å². The van der Waals surface area contributed by atoms with Crippen molar-refractivity contribution in [3.63, 3.8) is 0 Å². The summed E-state index contributed by atoms with van der Waals surface area (Å²) in [5, 5.41) is 15.1. The summed E-state index contributed by atoms with van der Waals surface area (Å²) < 4.78 is 48.4. The number of Topliss-reactive ketones (excluding diaryl/α,β-unsaturated/α-hetero) is 6. The second-order valence-corrected chi connectivity index (χ2v) is 26.6. The van der Waals surface area contributed by atoms with Gasteiger partial charge in [-0.2, -0.15) is 15.3 Å². The molecule has 33 heteroatoms. The zero-order valence-electron chi connectivity index (χ0n) is 55.7. The number of hydrogen-bond acceptors (Lipinski definition) is 26. The van der Waals surface area contributed by atoms with Gasteiger partial charge < -0.3 is 53.0 Å². The van der Waals surface area contributed by atoms with Gasteiger partial charge in [-0.05, 0) is 92.0 Å². The number of nitrogens with one attached hydrogen (secondary N) is 1. The first-order valence-corrected chi connectivity index (χ1v) is 32.7. The predicted molar refractivity (Wildman–Crippen MR) is 355 cm³/mol. The second-order valence-electron chi connectivity index (χ2n) is 26.2. The lowest BCUT2D eigenvalue weighted by Gasteiger charge is -2.24. The van der Waals surface area contributed by atoms with Crippen LogP contribution in [0.2, 0.25) is 5.02 Å². The first-order valence-electron chi connectivity index (χ1n) is 32.3. The van der Waals surface area contributed by atoms with E-state index in [1.54, 1.807) is 46.2 Å². The first kappa shape index (κ1) is 74.2. The second kappa shape index (κ2) is 32.8. The van der Waals surface area contributed by atoms with Gasteiger partial charge in [-0.1, -0.05) is 11.6 Å². The van der Waals surface area contributed by atoms with Crippen LogP contribution in [0.15, 0.2) is 100 Å². The van der Waals surface area contributed by atoms with Crippen LogP contribution in [0.3, 0.4) is 0 Å². The molecule has 2 amide bonds. The van der Waals surface area contributed by atoms with Gasteiger partial charge in [0.2, 0.25) is 17.6 Å². The molecule has 31 nitrogen and oxygen atoms in total. The fourth-order valence-electron chi connectivity index (χ4n) is 11.2. The maximum Gasteiger partial charge on any atom is 0.410 e. The molecule has 6 fully saturated rings. The van der Waals surface area contributed by atoms with Crippen LogP contribution >= 0.6 is 24.0 Å². The summed E-state index contributed by atoms with van der Waals surface area (Å²) in [5.74, 6) is 1.50. The summed E-state index contributed by atoms with van der Waals surface area (Å²) in [6.45, 7) is 14.5. The van der Waals surface area contributed by atoms with Crippen molar-refractivity contribution in [2.45, 2.75) is 166 Å². The largest absolute Gasteiger partial charge is 0.473 e. The van der Waals surface area contributed by atoms with E-state index in [0.717, 1.165) is 33.6 Å². The number of amides is 2. The van der Waals surface area contributed by atoms with Gasteiger partial charge in [-0.25, -0.2) is 38.6 Å². The van der Waals surface area contributed by atoms with E-state index in [1.807, 2.05) is 41.5 Å². The highest BCUT2D eigenvalue weighted by Gasteiger charge is 2.36. The fraction of sp³-hybridized carbons (Fsp3) is 0.478. The molecular weight excluding hydrogens is 1350 g/mol. The molecule has 1 N–H and O–H groups in total. The van der Waals surface area contributed by atoms with E-state index < -0.39 is 46.0 Å². The SMILES string of the molecule is CC(C)(C)OC(=O)N1CC[C@H](Oc2ccc(Oc3cnn(C4CCC(=O)CC4=O)c(=O)c3)cn2)C1.CC(C)(C)OC(=O)N1CC[C@H](Oc2ccc(Oc3cnn(C4CCC(=O)CC4=O)c(=O)c3Cl)cn2)C1.Cl.O=C1CCC(n2ncc(Oc3ccc(O[C@H]4CCNC4)nc3)cc2=O)C(=O)C1. The normalized spacial score (nSPS) is 20.8. The number of carbonyl (C=O) groups is 8. The lowest BCUT2D eigenvalue weighted by Crippen LogP contribution is -2.36. The minimum atomic E-state index is -0.818. The number of halogens is 2. The van der Waals surface area contributed by atoms with Crippen molar-refractivity contribution in [3.05, 3.63) is 122 Å². The van der Waals surface area contributed by atoms with Crippen molar-refractivity contribution in [2.24, 2.45) is 0 Å². The lowest BCUT2D eigenvalue weighted by atomic mass is 9.93. The van der Waals surface area contributed by atoms with Gasteiger partial charge in [0.1, 0.15) is 82.2 Å². The summed E-state index contributed by atoms with van der Waals surface area (Å²) in [6, 6.07) is 10.2. The molecule has 6 atom stereocenters. The van der Waals surface area contributed by atoms with Crippen molar-refractivity contribution >= 4 is 70.9 Å². The first-order chi connectivity index (χ1) is 47.1. The van der Waals surface area contributed by atoms with Crippen molar-refractivity contribution in [3.8, 4) is 52.1 Å². The summed E-state index contributed by atoms with van der Waals surface area (Å²) in [7, 11) is 0. The van der Waals surface area contributed by atoms with Crippen molar-refractivity contribution in [1.82, 2.24) is 59.4 Å². The summed E-state index contributed by atoms with van der Waals surface area (Å²) in [4.78, 5) is 148. The summed E-state index contributed by atoms with van der Waals surface area (Å²) >= 11 is 6.20. The van der Waals surface area contributed by atoms with E-state index in [2.05, 4.69) is 35.6 Å². The van der Waals surface area contributed by atoms with E-state index in [1.165, 1.54) is 49.3 Å². The van der Waals surface area contributed by atoms with Gasteiger partial charge in [0.25, 0.3) is 16.7 Å². The third kappa shape index (κ3) is 20.3. The third-order valence-corrected chi connectivity index (χ3v) is 16.4. The van der Waals surface area contributed by atoms with E-state index in [0.29, 0.717) is 80.3 Å². The molecule has 532 valence electrons. The number of likely N-dealkylation sites (tertiary alicyclic amines) is 2. The minimum Gasteiger partial charge on any atom is -0.473 e. The molecule has 3 saturated heterocycles. The lowest BCUT2D eigenvalue weighted by molar-refractivity contribution is -0.134. The van der Waals surface area contributed by atoms with Gasteiger partial charge in [0, 0.05) is 82.1 Å². The Morgan fingerprint density at radius 3 is 1.23 bits per heavy atom. The Morgan fingerprint density at radius 2 is 0.870 bits per heavy atom. The van der Waals surface area contributed by atoms with E-state index in [-0.39, 0.29) is 151 Å². The Balaban J connectivity index is 0.000000175. The summed E-state index contributed by atoms with van der Waals surface area (Å²) in [6.07, 6.45) is 10.6. The van der Waals surface area contributed by atoms with E-state index >= 15 is 0 Å². The zero-order chi connectivity index (χ0) is 70.7. The molecule has 0 radical (unpaired) electrons. The average molecular weight is 1420 g/mol. The molecule has 6 aromatic heterocycles. The number of pyridine rings is 3. The number of ketones is 6. The molecule has 12 rings (SSSR count). The van der Waals surface area contributed by atoms with Crippen molar-refractivity contribution < 1.29 is 76.3 Å². The summed E-state index contributed by atoms with van der Waals surface area (Å²) in [5.41, 5.74) is -2.73. The molecule has 100 heavy (non-hydrogen) atoms. The fourth-order valence-corrected chi connectivity index (χ4v) is 11.4. The molecule has 3 unspecified atom stereocenters. The van der Waals surface area contributed by atoms with Crippen LogP contribution in [0.4, 0.5) is 9.59 Å². The number of nitrogens with zero attached hydrogens (tertiary/aromatic N) is 11. The predicted octanol–water partition coefficient (Wildman–Crippen LogP) is 7.47. The maximum atomic E-state index is 12.7. The molecule has 3 aliphatic carbocycles. The van der Waals surface area contributed by atoms with Crippen LogP contribution < -0.4 is 50.4 Å². The third-order valence-electron chi connectivity index (χ3n) is 16.0. The smallest absolute Gasteiger partial charge is 0.410 e. The highest BCUT2D eigenvalue weighted by Crippen LogP contribution is 2.31. The quantitative estimate of drug-likeness (QED) is 0.0973. The zero-order valence-corrected chi connectivity index (χ0v) is 57.3.